The summed E-state index contributed by atoms with van der Waals surface area (Å²) in [4.78, 5) is 13.3. The predicted molar refractivity (Wildman–Crippen MR) is 121 cm³/mol. The molecule has 2 aliphatic heterocycles. The summed E-state index contributed by atoms with van der Waals surface area (Å²) >= 11 is 0. The number of carbonyl (C=O) groups excluding carboxylic acids is 1. The van der Waals surface area contributed by atoms with E-state index in [9.17, 15) is 13.6 Å². The van der Waals surface area contributed by atoms with E-state index in [0.717, 1.165) is 12.1 Å². The Bertz CT molecular complexity index is 1260. The first kappa shape index (κ1) is 22.3. The molecule has 0 bridgehead atoms. The van der Waals surface area contributed by atoms with Crippen LogP contribution in [0, 0.1) is 11.6 Å². The summed E-state index contributed by atoms with van der Waals surface area (Å²) < 4.78 is 50.5. The molecule has 34 heavy (non-hydrogen) atoms. The minimum absolute atomic E-state index is 0.113. The van der Waals surface area contributed by atoms with Gasteiger partial charge in [0.2, 0.25) is 0 Å². The van der Waals surface area contributed by atoms with Gasteiger partial charge in [0.1, 0.15) is 42.5 Å². The summed E-state index contributed by atoms with van der Waals surface area (Å²) in [7, 11) is 0. The molecule has 3 aromatic rings. The number of rotatable bonds is 5. The van der Waals surface area contributed by atoms with Crippen LogP contribution < -0.4 is 14.8 Å². The molecule has 0 aliphatic carbocycles. The molecule has 2 heterocycles. The second-order valence-electron chi connectivity index (χ2n) is 8.62. The van der Waals surface area contributed by atoms with Crippen molar-refractivity contribution in [2.45, 2.75) is 32.3 Å². The summed E-state index contributed by atoms with van der Waals surface area (Å²) in [5.41, 5.74) is 2.13. The Balaban J connectivity index is 1.36. The zero-order valence-electron chi connectivity index (χ0n) is 18.7. The third-order valence-corrected chi connectivity index (χ3v) is 5.68. The highest BCUT2D eigenvalue weighted by Gasteiger charge is 2.33. The molecule has 0 amide bonds. The minimum Gasteiger partial charge on any atom is -0.490 e. The van der Waals surface area contributed by atoms with Crippen molar-refractivity contribution in [3.05, 3.63) is 82.9 Å². The van der Waals surface area contributed by atoms with E-state index in [0.29, 0.717) is 40.5 Å². The van der Waals surface area contributed by atoms with Crippen molar-refractivity contribution in [1.82, 2.24) is 0 Å². The van der Waals surface area contributed by atoms with E-state index in [1.54, 1.807) is 36.4 Å². The summed E-state index contributed by atoms with van der Waals surface area (Å²) in [5.74, 6) is -1.33. The van der Waals surface area contributed by atoms with E-state index in [1.165, 1.54) is 6.07 Å². The second kappa shape index (κ2) is 8.70. The summed E-state index contributed by atoms with van der Waals surface area (Å²) in [6.45, 7) is 4.51. The van der Waals surface area contributed by atoms with Crippen molar-refractivity contribution in [1.29, 1.82) is 0 Å². The normalized spacial score (nSPS) is 18.5. The standard InChI is InChI=1S/C26H23F2NO5/c1-26(2)33-13-17(34-26)12-31-23-5-3-4-18-20(23)14-32-24-11-16(7-8-19(24)25(18)30)29-22-9-6-15(27)10-21(22)28/h3-11,17,29H,12-14H2,1-2H3/t17-/m0/s1. The maximum Gasteiger partial charge on any atom is 0.197 e. The van der Waals surface area contributed by atoms with Gasteiger partial charge in [0.05, 0.1) is 17.9 Å². The van der Waals surface area contributed by atoms with Gasteiger partial charge >= 0.3 is 0 Å². The van der Waals surface area contributed by atoms with Crippen molar-refractivity contribution in [3.8, 4) is 11.5 Å². The lowest BCUT2D eigenvalue weighted by molar-refractivity contribution is -0.141. The lowest BCUT2D eigenvalue weighted by Gasteiger charge is -2.18. The van der Waals surface area contributed by atoms with E-state index in [2.05, 4.69) is 5.32 Å². The molecule has 8 heteroatoms. The van der Waals surface area contributed by atoms with Crippen LogP contribution in [-0.2, 0) is 16.1 Å². The van der Waals surface area contributed by atoms with Crippen LogP contribution in [0.1, 0.15) is 35.3 Å². The van der Waals surface area contributed by atoms with Gasteiger partial charge in [0, 0.05) is 28.9 Å². The predicted octanol–water partition coefficient (Wildman–Crippen LogP) is 5.36. The first-order valence-electron chi connectivity index (χ1n) is 10.9. The number of ether oxygens (including phenoxy) is 4. The van der Waals surface area contributed by atoms with E-state index in [4.69, 9.17) is 18.9 Å². The highest BCUT2D eigenvalue weighted by molar-refractivity contribution is 6.12. The molecule has 1 N–H and O–H groups in total. The fourth-order valence-corrected chi connectivity index (χ4v) is 4.04. The zero-order chi connectivity index (χ0) is 23.9. The molecule has 6 nitrogen and oxygen atoms in total. The molecule has 0 aromatic heterocycles. The largest absolute Gasteiger partial charge is 0.490 e. The van der Waals surface area contributed by atoms with Crippen LogP contribution in [-0.4, -0.2) is 30.9 Å². The van der Waals surface area contributed by atoms with Crippen molar-refractivity contribution in [2.24, 2.45) is 0 Å². The Morgan fingerprint density at radius 3 is 2.71 bits per heavy atom. The fraction of sp³-hybridized carbons (Fsp3) is 0.269. The van der Waals surface area contributed by atoms with Crippen LogP contribution in [0.4, 0.5) is 20.2 Å². The van der Waals surface area contributed by atoms with E-state index in [-0.39, 0.29) is 30.8 Å². The van der Waals surface area contributed by atoms with Gasteiger partial charge in [-0.25, -0.2) is 8.78 Å². The molecule has 0 saturated carbocycles. The molecule has 0 unspecified atom stereocenters. The number of carbonyl (C=O) groups is 1. The van der Waals surface area contributed by atoms with Gasteiger partial charge in [0.25, 0.3) is 0 Å². The Morgan fingerprint density at radius 1 is 1.09 bits per heavy atom. The number of hydrogen-bond acceptors (Lipinski definition) is 6. The Labute approximate surface area is 195 Å². The molecule has 1 atom stereocenters. The Kier molecular flexibility index (Phi) is 5.71. The van der Waals surface area contributed by atoms with E-state index in [1.807, 2.05) is 13.8 Å². The van der Waals surface area contributed by atoms with Crippen LogP contribution >= 0.6 is 0 Å². The number of benzene rings is 3. The maximum atomic E-state index is 14.0. The molecular formula is C26H23F2NO5. The number of fused-ring (bicyclic) bond motifs is 2. The van der Waals surface area contributed by atoms with Gasteiger partial charge in [-0.1, -0.05) is 12.1 Å². The lowest BCUT2D eigenvalue weighted by atomic mass is 9.98. The summed E-state index contributed by atoms with van der Waals surface area (Å²) in [6, 6.07) is 13.4. The van der Waals surface area contributed by atoms with Gasteiger partial charge in [-0.3, -0.25) is 4.79 Å². The summed E-state index contributed by atoms with van der Waals surface area (Å²) in [5, 5.41) is 2.89. The van der Waals surface area contributed by atoms with Crippen LogP contribution in [0.15, 0.2) is 54.6 Å². The number of anilines is 2. The average Bonchev–Trinajstić information content (AvgIpc) is 3.09. The first-order chi connectivity index (χ1) is 16.3. The smallest absolute Gasteiger partial charge is 0.197 e. The SMILES string of the molecule is CC1(C)OC[C@H](COc2cccc3c2COc2cc(Nc4ccc(F)cc4F)ccc2C3=O)O1. The molecule has 0 spiro atoms. The third kappa shape index (κ3) is 4.47. The second-order valence-corrected chi connectivity index (χ2v) is 8.62. The molecule has 2 aliphatic rings. The van der Waals surface area contributed by atoms with Crippen LogP contribution in [0.5, 0.6) is 11.5 Å². The van der Waals surface area contributed by atoms with Gasteiger partial charge in [0.15, 0.2) is 11.6 Å². The number of hydrogen-bond donors (Lipinski definition) is 1. The topological polar surface area (TPSA) is 66.0 Å². The van der Waals surface area contributed by atoms with Crippen molar-refractivity contribution >= 4 is 17.2 Å². The zero-order valence-corrected chi connectivity index (χ0v) is 18.7. The highest BCUT2D eigenvalue weighted by Crippen LogP contribution is 2.35. The molecule has 0 radical (unpaired) electrons. The van der Waals surface area contributed by atoms with Crippen molar-refractivity contribution in [2.75, 3.05) is 18.5 Å². The molecule has 1 saturated heterocycles. The van der Waals surface area contributed by atoms with E-state index < -0.39 is 17.4 Å². The average molecular weight is 467 g/mol. The van der Waals surface area contributed by atoms with Gasteiger partial charge < -0.3 is 24.3 Å². The van der Waals surface area contributed by atoms with Gasteiger partial charge in [-0.2, -0.15) is 0 Å². The van der Waals surface area contributed by atoms with Crippen molar-refractivity contribution in [3.63, 3.8) is 0 Å². The fourth-order valence-electron chi connectivity index (χ4n) is 4.04. The third-order valence-electron chi connectivity index (χ3n) is 5.68. The number of nitrogens with one attached hydrogen (secondary N) is 1. The Hall–Kier alpha value is -3.49. The van der Waals surface area contributed by atoms with Crippen molar-refractivity contribution < 1.29 is 32.5 Å². The molecular weight excluding hydrogens is 444 g/mol. The Morgan fingerprint density at radius 2 is 1.94 bits per heavy atom. The van der Waals surface area contributed by atoms with Crippen LogP contribution in [0.3, 0.4) is 0 Å². The first-order valence-corrected chi connectivity index (χ1v) is 10.9. The number of ketones is 1. The van der Waals surface area contributed by atoms with Crippen LogP contribution in [0.25, 0.3) is 0 Å². The maximum absolute atomic E-state index is 14.0. The summed E-state index contributed by atoms with van der Waals surface area (Å²) in [6.07, 6.45) is -0.217. The molecule has 1 fully saturated rings. The van der Waals surface area contributed by atoms with Crippen LogP contribution in [0.2, 0.25) is 0 Å². The van der Waals surface area contributed by atoms with Gasteiger partial charge in [-0.05, 0) is 44.2 Å². The number of halogens is 2. The quantitative estimate of drug-likeness (QED) is 0.545. The molecule has 3 aromatic carbocycles. The molecule has 176 valence electrons. The molecule has 5 rings (SSSR count). The minimum atomic E-state index is -0.721. The highest BCUT2D eigenvalue weighted by atomic mass is 19.1. The monoisotopic (exact) mass is 467 g/mol. The lowest BCUT2D eigenvalue weighted by Crippen LogP contribution is -2.25. The van der Waals surface area contributed by atoms with Gasteiger partial charge in [-0.15, -0.1) is 0 Å². The van der Waals surface area contributed by atoms with E-state index >= 15 is 0 Å².